The van der Waals surface area contributed by atoms with E-state index in [-0.39, 0.29) is 17.8 Å². The van der Waals surface area contributed by atoms with Gasteiger partial charge in [0.1, 0.15) is 5.83 Å². The molecule has 0 spiro atoms. The maximum atomic E-state index is 13.8. The number of halogens is 1. The quantitative estimate of drug-likeness (QED) is 0.590. The van der Waals surface area contributed by atoms with Crippen molar-refractivity contribution in [2.24, 2.45) is 17.0 Å². The molecule has 3 atom stereocenters. The zero-order chi connectivity index (χ0) is 11.2. The second-order valence-corrected chi connectivity index (χ2v) is 4.80. The average Bonchev–Trinajstić information content (AvgIpc) is 2.45. The van der Waals surface area contributed by atoms with E-state index in [2.05, 4.69) is 32.0 Å². The predicted molar refractivity (Wildman–Crippen MR) is 57.5 cm³/mol. The van der Waals surface area contributed by atoms with E-state index >= 15 is 0 Å². The highest BCUT2D eigenvalue weighted by Crippen LogP contribution is 2.36. The van der Waals surface area contributed by atoms with Crippen LogP contribution in [0.2, 0.25) is 0 Å². The topological polar surface area (TPSA) is 15.4 Å². The SMILES string of the molecule is CC(C)C1=CC2C(N=[N+](C)C2C)C(F)=C1. The molecule has 3 heteroatoms. The van der Waals surface area contributed by atoms with Crippen molar-refractivity contribution in [1.82, 2.24) is 0 Å². The smallest absolute Gasteiger partial charge is 0.183 e. The number of nitrogens with zero attached hydrogens (tertiary/aromatic N) is 2. The summed E-state index contributed by atoms with van der Waals surface area (Å²) in [6.45, 7) is 6.29. The summed E-state index contributed by atoms with van der Waals surface area (Å²) in [4.78, 5) is 0. The second-order valence-electron chi connectivity index (χ2n) is 4.80. The maximum absolute atomic E-state index is 13.8. The van der Waals surface area contributed by atoms with Crippen LogP contribution in [0, 0.1) is 11.8 Å². The third-order valence-electron chi connectivity index (χ3n) is 3.46. The Hall–Kier alpha value is -0.990. The van der Waals surface area contributed by atoms with Gasteiger partial charge in [0.2, 0.25) is 0 Å². The fourth-order valence-corrected chi connectivity index (χ4v) is 2.23. The van der Waals surface area contributed by atoms with Crippen LogP contribution < -0.4 is 0 Å². The number of allylic oxidation sites excluding steroid dienone is 2. The molecule has 0 fully saturated rings. The maximum Gasteiger partial charge on any atom is 0.183 e. The summed E-state index contributed by atoms with van der Waals surface area (Å²) in [6, 6.07) is 0.0238. The first-order chi connectivity index (χ1) is 7.00. The van der Waals surface area contributed by atoms with Gasteiger partial charge < -0.3 is 0 Å². The van der Waals surface area contributed by atoms with Crippen molar-refractivity contribution in [1.29, 1.82) is 0 Å². The molecule has 0 saturated heterocycles. The normalized spacial score (nSPS) is 34.8. The van der Waals surface area contributed by atoms with Gasteiger partial charge in [-0.3, -0.25) is 0 Å². The lowest BCUT2D eigenvalue weighted by Gasteiger charge is -2.19. The Bertz CT molecular complexity index is 366. The highest BCUT2D eigenvalue weighted by atomic mass is 19.1. The van der Waals surface area contributed by atoms with Gasteiger partial charge in [-0.2, -0.15) is 0 Å². The van der Waals surface area contributed by atoms with Crippen LogP contribution in [-0.2, 0) is 0 Å². The molecule has 0 radical (unpaired) electrons. The summed E-state index contributed by atoms with van der Waals surface area (Å²) in [7, 11) is 1.92. The predicted octanol–water partition coefficient (Wildman–Crippen LogP) is 2.92. The van der Waals surface area contributed by atoms with Crippen LogP contribution in [-0.4, -0.2) is 23.8 Å². The molecule has 3 unspecified atom stereocenters. The van der Waals surface area contributed by atoms with Crippen LogP contribution in [0.1, 0.15) is 20.8 Å². The number of hydrogen-bond acceptors (Lipinski definition) is 1. The highest BCUT2D eigenvalue weighted by Gasteiger charge is 2.44. The molecule has 1 aliphatic carbocycles. The number of hydrogen-bond donors (Lipinski definition) is 0. The molecule has 82 valence electrons. The zero-order valence-electron chi connectivity index (χ0n) is 9.74. The minimum Gasteiger partial charge on any atom is -0.209 e. The van der Waals surface area contributed by atoms with Crippen molar-refractivity contribution in [3.8, 4) is 0 Å². The fraction of sp³-hybridized carbons (Fsp3) is 0.667. The van der Waals surface area contributed by atoms with Crippen molar-refractivity contribution in [2.45, 2.75) is 32.9 Å². The molecule has 0 amide bonds. The average molecular weight is 209 g/mol. The van der Waals surface area contributed by atoms with Crippen LogP contribution >= 0.6 is 0 Å². The van der Waals surface area contributed by atoms with Crippen LogP contribution in [0.25, 0.3) is 0 Å². The van der Waals surface area contributed by atoms with Crippen LogP contribution in [0.5, 0.6) is 0 Å². The molecule has 0 bridgehead atoms. The Morgan fingerprint density at radius 1 is 1.47 bits per heavy atom. The lowest BCUT2D eigenvalue weighted by atomic mass is 9.84. The van der Waals surface area contributed by atoms with E-state index in [0.29, 0.717) is 12.0 Å². The van der Waals surface area contributed by atoms with Gasteiger partial charge >= 0.3 is 0 Å². The Labute approximate surface area is 90.2 Å². The summed E-state index contributed by atoms with van der Waals surface area (Å²) >= 11 is 0. The molecule has 0 aromatic heterocycles. The van der Waals surface area contributed by atoms with E-state index in [0.717, 1.165) is 5.57 Å². The lowest BCUT2D eigenvalue weighted by Crippen LogP contribution is -2.27. The van der Waals surface area contributed by atoms with Crippen LogP contribution in [0.4, 0.5) is 4.39 Å². The Morgan fingerprint density at radius 2 is 2.13 bits per heavy atom. The minimum absolute atomic E-state index is 0.0811. The minimum atomic E-state index is -0.271. The first kappa shape index (κ1) is 10.5. The van der Waals surface area contributed by atoms with E-state index < -0.39 is 0 Å². The molecule has 15 heavy (non-hydrogen) atoms. The largest absolute Gasteiger partial charge is 0.209 e. The van der Waals surface area contributed by atoms with E-state index in [9.17, 15) is 4.39 Å². The second kappa shape index (κ2) is 3.54. The van der Waals surface area contributed by atoms with Gasteiger partial charge in [-0.05, 0) is 22.7 Å². The van der Waals surface area contributed by atoms with Gasteiger partial charge in [-0.1, -0.05) is 19.9 Å². The van der Waals surface area contributed by atoms with E-state index in [1.54, 1.807) is 6.08 Å². The molecule has 2 nitrogen and oxygen atoms in total. The summed E-state index contributed by atoms with van der Waals surface area (Å²) in [6.07, 6.45) is 3.84. The monoisotopic (exact) mass is 209 g/mol. The van der Waals surface area contributed by atoms with Gasteiger partial charge in [0, 0.05) is 6.92 Å². The zero-order valence-corrected chi connectivity index (χ0v) is 9.74. The molecular weight excluding hydrogens is 191 g/mol. The molecule has 1 aliphatic heterocycles. The molecule has 0 N–H and O–H groups in total. The molecule has 2 aliphatic rings. The molecule has 0 aromatic carbocycles. The van der Waals surface area contributed by atoms with Gasteiger partial charge in [0.25, 0.3) is 0 Å². The summed E-state index contributed by atoms with van der Waals surface area (Å²) in [5.41, 5.74) is 1.10. The van der Waals surface area contributed by atoms with Crippen LogP contribution in [0.3, 0.4) is 0 Å². The molecular formula is C12H18FN2+. The van der Waals surface area contributed by atoms with Crippen molar-refractivity contribution in [3.05, 3.63) is 23.6 Å². The fourth-order valence-electron chi connectivity index (χ4n) is 2.23. The molecule has 0 aromatic rings. The lowest BCUT2D eigenvalue weighted by molar-refractivity contribution is -0.588. The van der Waals surface area contributed by atoms with Crippen molar-refractivity contribution < 1.29 is 9.09 Å². The summed E-state index contributed by atoms with van der Waals surface area (Å²) in [5.74, 6) is 0.509. The third kappa shape index (κ3) is 1.64. The highest BCUT2D eigenvalue weighted by molar-refractivity contribution is 5.32. The Morgan fingerprint density at radius 3 is 2.73 bits per heavy atom. The Balaban J connectivity index is 2.35. The van der Waals surface area contributed by atoms with Crippen molar-refractivity contribution in [3.63, 3.8) is 0 Å². The van der Waals surface area contributed by atoms with Crippen LogP contribution in [0.15, 0.2) is 28.7 Å². The molecule has 0 saturated carbocycles. The van der Waals surface area contributed by atoms with Gasteiger partial charge in [0.15, 0.2) is 19.1 Å². The first-order valence-electron chi connectivity index (χ1n) is 5.53. The van der Waals surface area contributed by atoms with Crippen molar-refractivity contribution in [2.75, 3.05) is 7.05 Å². The molecule has 1 heterocycles. The molecule has 2 rings (SSSR count). The summed E-state index contributed by atoms with van der Waals surface area (Å²) < 4.78 is 15.7. The first-order valence-corrected chi connectivity index (χ1v) is 5.53. The number of rotatable bonds is 1. The number of fused-ring (bicyclic) bond motifs is 1. The Kier molecular flexibility index (Phi) is 2.49. The van der Waals surface area contributed by atoms with Crippen molar-refractivity contribution >= 4 is 0 Å². The summed E-state index contributed by atoms with van der Waals surface area (Å²) in [5, 5.41) is 4.31. The van der Waals surface area contributed by atoms with E-state index in [1.165, 1.54) is 0 Å². The van der Waals surface area contributed by atoms with E-state index in [4.69, 9.17) is 0 Å². The standard InChI is InChI=1S/C12H18FN2/c1-7(2)9-5-10-8(3)15(4)14-12(10)11(13)6-9/h5-8,10,12H,1-4H3/q+1. The van der Waals surface area contributed by atoms with Gasteiger partial charge in [-0.25, -0.2) is 4.39 Å². The number of azo groups is 2. The van der Waals surface area contributed by atoms with E-state index in [1.807, 2.05) is 11.7 Å². The third-order valence-corrected chi connectivity index (χ3v) is 3.46. The van der Waals surface area contributed by atoms with Gasteiger partial charge in [0.05, 0.1) is 5.92 Å². The van der Waals surface area contributed by atoms with Gasteiger partial charge in [-0.15, -0.1) is 4.70 Å².